The van der Waals surface area contributed by atoms with Gasteiger partial charge >= 0.3 is 0 Å². The van der Waals surface area contributed by atoms with E-state index in [9.17, 15) is 0 Å². The van der Waals surface area contributed by atoms with Crippen LogP contribution in [0.2, 0.25) is 0 Å². The molecule has 2 heteroatoms. The fourth-order valence-electron chi connectivity index (χ4n) is 0.880. The van der Waals surface area contributed by atoms with E-state index in [4.69, 9.17) is 0 Å². The minimum absolute atomic E-state index is 0. The van der Waals surface area contributed by atoms with Crippen LogP contribution in [-0.2, 0) is 21.7 Å². The molecule has 0 aromatic carbocycles. The molecule has 1 aliphatic carbocycles. The van der Waals surface area contributed by atoms with E-state index in [-0.39, 0.29) is 44.0 Å². The van der Waals surface area contributed by atoms with Crippen molar-refractivity contribution in [2.45, 2.75) is 20.3 Å². The van der Waals surface area contributed by atoms with Crippen LogP contribution in [0.15, 0.2) is 18.2 Å². The molecule has 16 heavy (non-hydrogen) atoms. The van der Waals surface area contributed by atoms with E-state index in [2.05, 4.69) is 37.8 Å². The maximum atomic E-state index is 3.75. The van der Waals surface area contributed by atoms with E-state index in [0.717, 1.165) is 26.1 Å². The zero-order valence-corrected chi connectivity index (χ0v) is 13.3. The molecule has 0 bridgehead atoms. The molecule has 98 valence electrons. The number of hydrogen-bond donors (Lipinski definition) is 0. The first-order valence-electron chi connectivity index (χ1n) is 4.58. The average Bonchev–Trinajstić information content (AvgIpc) is 2.64. The predicted octanol–water partition coefficient (Wildman–Crippen LogP) is 3.82. The van der Waals surface area contributed by atoms with Gasteiger partial charge in [0, 0.05) is 21.7 Å². The molecule has 0 atom stereocenters. The van der Waals surface area contributed by atoms with Gasteiger partial charge in [0.25, 0.3) is 0 Å². The first kappa shape index (κ1) is 29.8. The van der Waals surface area contributed by atoms with Gasteiger partial charge in [0.1, 0.15) is 0 Å². The summed E-state index contributed by atoms with van der Waals surface area (Å²) in [5.41, 5.74) is 0. The van der Waals surface area contributed by atoms with Crippen molar-refractivity contribution < 1.29 is 21.7 Å². The van der Waals surface area contributed by atoms with E-state index >= 15 is 0 Å². The van der Waals surface area contributed by atoms with Crippen molar-refractivity contribution in [2.75, 3.05) is 19.6 Å². The monoisotopic (exact) mass is 258 g/mol. The van der Waals surface area contributed by atoms with E-state index in [1.165, 1.54) is 0 Å². The molecule has 0 N–H and O–H groups in total. The van der Waals surface area contributed by atoms with Crippen LogP contribution in [0, 0.1) is 35.3 Å². The first-order valence-corrected chi connectivity index (χ1v) is 4.58. The predicted molar refractivity (Wildman–Crippen MR) is 74.0 cm³/mol. The first-order chi connectivity index (χ1) is 5.85. The van der Waals surface area contributed by atoms with Crippen molar-refractivity contribution in [3.8, 4) is 0 Å². The van der Waals surface area contributed by atoms with E-state index < -0.39 is 0 Å². The second kappa shape index (κ2) is 24.4. The van der Waals surface area contributed by atoms with Gasteiger partial charge in [0.15, 0.2) is 0 Å². The molecule has 0 saturated heterocycles. The zero-order chi connectivity index (χ0) is 9.23. The number of nitrogens with zero attached hydrogens (tertiary/aromatic N) is 1. The van der Waals surface area contributed by atoms with Crippen LogP contribution in [0.5, 0.6) is 0 Å². The second-order valence-corrected chi connectivity index (χ2v) is 2.53. The molecule has 0 heterocycles. The van der Waals surface area contributed by atoms with Gasteiger partial charge in [-0.15, -0.1) is 13.0 Å². The summed E-state index contributed by atoms with van der Waals surface area (Å²) in [7, 11) is 0. The minimum atomic E-state index is 0. The smallest absolute Gasteiger partial charge is 0 e. The van der Waals surface area contributed by atoms with Gasteiger partial charge in [-0.2, -0.15) is 6.08 Å². The number of allylic oxidation sites excluding steroid dienone is 4. The molecular formula is C14H28NTi-5. The Labute approximate surface area is 120 Å². The Morgan fingerprint density at radius 3 is 1.75 bits per heavy atom. The van der Waals surface area contributed by atoms with Gasteiger partial charge in [0.05, 0.1) is 0 Å². The topological polar surface area (TPSA) is 3.24 Å². The quantitative estimate of drug-likeness (QED) is 0.549. The minimum Gasteiger partial charge on any atom is -0.358 e. The van der Waals surface area contributed by atoms with Gasteiger partial charge in [-0.25, -0.2) is 12.2 Å². The van der Waals surface area contributed by atoms with E-state index in [1.54, 1.807) is 0 Å². The Bertz CT molecular complexity index is 122. The van der Waals surface area contributed by atoms with Crippen LogP contribution in [0.3, 0.4) is 0 Å². The van der Waals surface area contributed by atoms with Crippen LogP contribution in [0.25, 0.3) is 0 Å². The molecule has 0 aliphatic heterocycles. The molecule has 0 saturated carbocycles. The summed E-state index contributed by atoms with van der Waals surface area (Å²) in [6.07, 6.45) is 10.0. The Morgan fingerprint density at radius 1 is 1.19 bits per heavy atom. The SMILES string of the molecule is [C-]1=CC=CC1.[CH2-]CN(CC)CC.[CH3-].[CH3-].[CH3-].[Ti]. The standard InChI is InChI=1S/C6H14N.C5H5.3CH3.Ti/c1-4-7(5-2)6-3;1-2-4-5-3-1;;;;/h1,4-6H2,2-3H3;1-3H,4H2;3*1H3;/q5*-1;. The molecule has 0 aromatic rings. The fourth-order valence-corrected chi connectivity index (χ4v) is 0.880. The zero-order valence-electron chi connectivity index (χ0n) is 11.7. The van der Waals surface area contributed by atoms with Crippen molar-refractivity contribution >= 4 is 0 Å². The third-order valence-electron chi connectivity index (χ3n) is 1.80. The molecule has 1 rings (SSSR count). The summed E-state index contributed by atoms with van der Waals surface area (Å²) in [5, 5.41) is 0. The van der Waals surface area contributed by atoms with E-state index in [1.807, 2.05) is 12.2 Å². The van der Waals surface area contributed by atoms with Crippen LogP contribution in [-0.4, -0.2) is 24.5 Å². The molecular weight excluding hydrogens is 230 g/mol. The van der Waals surface area contributed by atoms with Crippen molar-refractivity contribution in [3.05, 3.63) is 53.5 Å². The molecule has 0 radical (unpaired) electrons. The van der Waals surface area contributed by atoms with Gasteiger partial charge in [-0.1, -0.05) is 13.8 Å². The maximum absolute atomic E-state index is 3.75. The largest absolute Gasteiger partial charge is 0.358 e. The fraction of sp³-hybridized carbons (Fsp3) is 0.429. The molecule has 1 nitrogen and oxygen atoms in total. The number of rotatable bonds is 3. The Balaban J connectivity index is -0.0000000411. The molecule has 0 aromatic heterocycles. The summed E-state index contributed by atoms with van der Waals surface area (Å²) in [4.78, 5) is 2.26. The van der Waals surface area contributed by atoms with Gasteiger partial charge in [0.2, 0.25) is 0 Å². The molecule has 0 amide bonds. The van der Waals surface area contributed by atoms with Crippen molar-refractivity contribution in [1.82, 2.24) is 4.90 Å². The van der Waals surface area contributed by atoms with Crippen molar-refractivity contribution in [1.29, 1.82) is 0 Å². The van der Waals surface area contributed by atoms with Crippen LogP contribution in [0.1, 0.15) is 20.3 Å². The van der Waals surface area contributed by atoms with Crippen LogP contribution in [0.4, 0.5) is 0 Å². The van der Waals surface area contributed by atoms with Gasteiger partial charge in [-0.3, -0.25) is 6.08 Å². The Hall–Kier alpha value is 0.154. The Morgan fingerprint density at radius 2 is 1.69 bits per heavy atom. The molecule has 0 fully saturated rings. The molecule has 0 spiro atoms. The summed E-state index contributed by atoms with van der Waals surface area (Å²) < 4.78 is 0. The average molecular weight is 258 g/mol. The third kappa shape index (κ3) is 19.7. The number of hydrogen-bond acceptors (Lipinski definition) is 1. The summed E-state index contributed by atoms with van der Waals surface area (Å²) in [6.45, 7) is 11.2. The molecule has 0 unspecified atom stereocenters. The Kier molecular flexibility index (Phi) is 45.5. The van der Waals surface area contributed by atoms with Crippen molar-refractivity contribution in [3.63, 3.8) is 0 Å². The normalized spacial score (nSPS) is 10.0. The van der Waals surface area contributed by atoms with Gasteiger partial charge < -0.3 is 34.1 Å². The molecule has 1 aliphatic rings. The van der Waals surface area contributed by atoms with Crippen LogP contribution >= 0.6 is 0 Å². The third-order valence-corrected chi connectivity index (χ3v) is 1.80. The van der Waals surface area contributed by atoms with Crippen LogP contribution < -0.4 is 0 Å². The van der Waals surface area contributed by atoms with Crippen molar-refractivity contribution in [2.24, 2.45) is 0 Å². The second-order valence-electron chi connectivity index (χ2n) is 2.53. The van der Waals surface area contributed by atoms with E-state index in [0.29, 0.717) is 0 Å². The maximum Gasteiger partial charge on any atom is 0 e. The van der Waals surface area contributed by atoms with Gasteiger partial charge in [-0.05, 0) is 13.1 Å². The summed E-state index contributed by atoms with van der Waals surface area (Å²) in [6, 6.07) is 0. The summed E-state index contributed by atoms with van der Waals surface area (Å²) >= 11 is 0. The summed E-state index contributed by atoms with van der Waals surface area (Å²) in [5.74, 6) is 0.